The molecule has 1 aromatic carbocycles. The summed E-state index contributed by atoms with van der Waals surface area (Å²) in [4.78, 5) is 14.2. The molecule has 1 aromatic heterocycles. The van der Waals surface area contributed by atoms with Crippen LogP contribution in [0.15, 0.2) is 18.5 Å². The average Bonchev–Trinajstić information content (AvgIpc) is 3.10. The second-order valence-corrected chi connectivity index (χ2v) is 7.23. The average molecular weight is 394 g/mol. The van der Waals surface area contributed by atoms with Crippen LogP contribution in [0, 0.1) is 5.82 Å². The van der Waals surface area contributed by atoms with Crippen LogP contribution >= 0.6 is 11.6 Å². The summed E-state index contributed by atoms with van der Waals surface area (Å²) in [5.74, 6) is -1.10. The molecule has 2 aliphatic rings. The van der Waals surface area contributed by atoms with Gasteiger partial charge in [0.2, 0.25) is 0 Å². The number of anilines is 2. The van der Waals surface area contributed by atoms with E-state index in [-0.39, 0.29) is 29.3 Å². The van der Waals surface area contributed by atoms with E-state index in [1.54, 1.807) is 24.0 Å². The molecule has 2 heterocycles. The lowest BCUT2D eigenvalue weighted by atomic mass is 10.1. The number of halogens is 2. The second-order valence-electron chi connectivity index (χ2n) is 6.85. The minimum absolute atomic E-state index is 0.104. The van der Waals surface area contributed by atoms with Crippen molar-refractivity contribution in [2.24, 2.45) is 0 Å². The molecule has 1 saturated carbocycles. The Morgan fingerprint density at radius 1 is 1.44 bits per heavy atom. The van der Waals surface area contributed by atoms with E-state index in [9.17, 15) is 9.18 Å². The monoisotopic (exact) mass is 393 g/mol. The number of ether oxygens (including phenoxy) is 1. The Morgan fingerprint density at radius 3 is 2.93 bits per heavy atom. The SMILES string of the molecule is CCOC(=O)c1cc(F)c(N2CCC(n3ccnn3)C2)c(Cl)c1NC1CC1. The molecule has 0 spiro atoms. The summed E-state index contributed by atoms with van der Waals surface area (Å²) in [5, 5.41) is 11.4. The van der Waals surface area contributed by atoms with E-state index in [4.69, 9.17) is 16.3 Å². The van der Waals surface area contributed by atoms with Crippen molar-refractivity contribution in [1.29, 1.82) is 0 Å². The third-order valence-corrected chi connectivity index (χ3v) is 5.28. The predicted molar refractivity (Wildman–Crippen MR) is 99.9 cm³/mol. The number of aromatic nitrogens is 3. The number of benzene rings is 1. The Balaban J connectivity index is 1.67. The van der Waals surface area contributed by atoms with Gasteiger partial charge in [-0.05, 0) is 32.3 Å². The smallest absolute Gasteiger partial charge is 0.340 e. The standard InChI is InChI=1S/C18H21ClFN5O2/c1-2-27-18(26)13-9-14(20)17(15(19)16(13)22-11-3-4-11)24-7-5-12(10-24)25-8-6-21-23-25/h6,8-9,11-12,22H,2-5,7,10H2,1H3. The summed E-state index contributed by atoms with van der Waals surface area (Å²) < 4.78 is 21.8. The Labute approximate surface area is 161 Å². The van der Waals surface area contributed by atoms with E-state index >= 15 is 0 Å². The Bertz CT molecular complexity index is 841. The third kappa shape index (κ3) is 3.58. The van der Waals surface area contributed by atoms with Crippen molar-refractivity contribution in [3.63, 3.8) is 0 Å². The number of hydrogen-bond acceptors (Lipinski definition) is 6. The van der Waals surface area contributed by atoms with Crippen LogP contribution < -0.4 is 10.2 Å². The first-order valence-electron chi connectivity index (χ1n) is 9.15. The van der Waals surface area contributed by atoms with Gasteiger partial charge in [-0.3, -0.25) is 0 Å². The Hall–Kier alpha value is -2.35. The minimum atomic E-state index is -0.574. The minimum Gasteiger partial charge on any atom is -0.462 e. The van der Waals surface area contributed by atoms with E-state index in [0.717, 1.165) is 19.3 Å². The quantitative estimate of drug-likeness (QED) is 0.759. The van der Waals surface area contributed by atoms with Crippen LogP contribution in [0.2, 0.25) is 5.02 Å². The van der Waals surface area contributed by atoms with Crippen molar-refractivity contribution in [1.82, 2.24) is 15.0 Å². The van der Waals surface area contributed by atoms with Crippen LogP contribution in [0.25, 0.3) is 0 Å². The molecule has 144 valence electrons. The van der Waals surface area contributed by atoms with Crippen LogP contribution in [-0.4, -0.2) is 46.7 Å². The lowest BCUT2D eigenvalue weighted by molar-refractivity contribution is 0.0527. The number of carbonyl (C=O) groups is 1. The highest BCUT2D eigenvalue weighted by Crippen LogP contribution is 2.42. The molecule has 0 amide bonds. The van der Waals surface area contributed by atoms with Crippen LogP contribution in [-0.2, 0) is 4.74 Å². The van der Waals surface area contributed by atoms with E-state index in [0.29, 0.717) is 24.5 Å². The molecule has 1 atom stereocenters. The van der Waals surface area contributed by atoms with Gasteiger partial charge in [-0.15, -0.1) is 5.10 Å². The normalized spacial score (nSPS) is 19.4. The first-order chi connectivity index (χ1) is 13.1. The van der Waals surface area contributed by atoms with Gasteiger partial charge in [0, 0.05) is 25.3 Å². The number of nitrogens with one attached hydrogen (secondary N) is 1. The molecular formula is C18H21ClFN5O2. The van der Waals surface area contributed by atoms with Gasteiger partial charge < -0.3 is 15.0 Å². The topological polar surface area (TPSA) is 72.3 Å². The van der Waals surface area contributed by atoms with E-state index < -0.39 is 11.8 Å². The van der Waals surface area contributed by atoms with Crippen molar-refractivity contribution in [3.8, 4) is 0 Å². The molecule has 0 radical (unpaired) electrons. The van der Waals surface area contributed by atoms with Crippen LogP contribution in [0.3, 0.4) is 0 Å². The molecule has 1 aliphatic heterocycles. The molecule has 4 rings (SSSR count). The van der Waals surface area contributed by atoms with Gasteiger partial charge in [-0.25, -0.2) is 13.9 Å². The first-order valence-corrected chi connectivity index (χ1v) is 9.52. The van der Waals surface area contributed by atoms with E-state index in [1.165, 1.54) is 6.07 Å². The molecule has 7 nitrogen and oxygen atoms in total. The van der Waals surface area contributed by atoms with Crippen LogP contribution in [0.4, 0.5) is 15.8 Å². The highest BCUT2D eigenvalue weighted by molar-refractivity contribution is 6.37. The fourth-order valence-corrected chi connectivity index (χ4v) is 3.78. The number of rotatable bonds is 6. The van der Waals surface area contributed by atoms with Crippen LogP contribution in [0.5, 0.6) is 0 Å². The van der Waals surface area contributed by atoms with Crippen molar-refractivity contribution in [2.75, 3.05) is 29.9 Å². The third-order valence-electron chi connectivity index (χ3n) is 4.91. The van der Waals surface area contributed by atoms with Gasteiger partial charge in [-0.1, -0.05) is 16.8 Å². The summed E-state index contributed by atoms with van der Waals surface area (Å²) >= 11 is 6.60. The van der Waals surface area contributed by atoms with Crippen molar-refractivity contribution >= 4 is 28.9 Å². The molecule has 1 saturated heterocycles. The summed E-state index contributed by atoms with van der Waals surface area (Å²) in [6.45, 7) is 3.14. The Kier molecular flexibility index (Phi) is 4.90. The highest BCUT2D eigenvalue weighted by atomic mass is 35.5. The number of nitrogens with zero attached hydrogens (tertiary/aromatic N) is 4. The second kappa shape index (κ2) is 7.34. The predicted octanol–water partition coefficient (Wildman–Crippen LogP) is 3.27. The summed E-state index contributed by atoms with van der Waals surface area (Å²) in [7, 11) is 0. The number of hydrogen-bond donors (Lipinski definition) is 1. The molecule has 1 aliphatic carbocycles. The van der Waals surface area contributed by atoms with Gasteiger partial charge >= 0.3 is 5.97 Å². The maximum Gasteiger partial charge on any atom is 0.340 e. The number of carbonyl (C=O) groups excluding carboxylic acids is 1. The lowest BCUT2D eigenvalue weighted by Crippen LogP contribution is -2.24. The Morgan fingerprint density at radius 2 is 2.26 bits per heavy atom. The zero-order valence-corrected chi connectivity index (χ0v) is 15.7. The van der Waals surface area contributed by atoms with Gasteiger partial charge in [0.25, 0.3) is 0 Å². The van der Waals surface area contributed by atoms with Crippen molar-refractivity contribution in [2.45, 2.75) is 38.3 Å². The largest absolute Gasteiger partial charge is 0.462 e. The molecule has 27 heavy (non-hydrogen) atoms. The van der Waals surface area contributed by atoms with E-state index in [2.05, 4.69) is 15.6 Å². The van der Waals surface area contributed by atoms with Gasteiger partial charge in [-0.2, -0.15) is 0 Å². The van der Waals surface area contributed by atoms with Crippen LogP contribution in [0.1, 0.15) is 42.6 Å². The molecular weight excluding hydrogens is 373 g/mol. The molecule has 2 fully saturated rings. The summed E-state index contributed by atoms with van der Waals surface area (Å²) in [6.07, 6.45) is 6.25. The summed E-state index contributed by atoms with van der Waals surface area (Å²) in [6, 6.07) is 1.59. The van der Waals surface area contributed by atoms with Crippen molar-refractivity contribution < 1.29 is 13.9 Å². The number of esters is 1. The first kappa shape index (κ1) is 18.0. The molecule has 2 aromatic rings. The van der Waals surface area contributed by atoms with Gasteiger partial charge in [0.1, 0.15) is 5.82 Å². The fourth-order valence-electron chi connectivity index (χ4n) is 3.41. The van der Waals surface area contributed by atoms with Gasteiger partial charge in [0.05, 0.1) is 40.8 Å². The molecule has 0 bridgehead atoms. The summed E-state index contributed by atoms with van der Waals surface area (Å²) in [5.41, 5.74) is 0.913. The maximum absolute atomic E-state index is 15.0. The van der Waals surface area contributed by atoms with Gasteiger partial charge in [0.15, 0.2) is 0 Å². The zero-order valence-electron chi connectivity index (χ0n) is 15.0. The zero-order chi connectivity index (χ0) is 19.0. The fraction of sp³-hybridized carbons (Fsp3) is 0.500. The highest BCUT2D eigenvalue weighted by Gasteiger charge is 2.32. The molecule has 1 unspecified atom stereocenters. The lowest BCUT2D eigenvalue weighted by Gasteiger charge is -2.24. The maximum atomic E-state index is 15.0. The van der Waals surface area contributed by atoms with E-state index in [1.807, 2.05) is 4.90 Å². The molecule has 9 heteroatoms. The molecule has 1 N–H and O–H groups in total. The van der Waals surface area contributed by atoms with Crippen molar-refractivity contribution in [3.05, 3.63) is 34.9 Å².